The van der Waals surface area contributed by atoms with E-state index in [0.717, 1.165) is 11.3 Å². The molecule has 82 valence electrons. The summed E-state index contributed by atoms with van der Waals surface area (Å²) < 4.78 is 1.94. The average Bonchev–Trinajstić information content (AvgIpc) is 3.08. The van der Waals surface area contributed by atoms with Crippen LogP contribution >= 0.6 is 11.6 Å². The normalized spacial score (nSPS) is 15.3. The second-order valence-corrected chi connectivity index (χ2v) is 4.53. The first-order valence-electron chi connectivity index (χ1n) is 5.57. The molecule has 0 atom stereocenters. The first kappa shape index (κ1) is 9.91. The highest BCUT2D eigenvalue weighted by Gasteiger charge is 2.25. The Labute approximate surface area is 99.9 Å². The van der Waals surface area contributed by atoms with Crippen molar-refractivity contribution >= 4 is 11.6 Å². The summed E-state index contributed by atoms with van der Waals surface area (Å²) in [5.41, 5.74) is 3.46. The number of alkyl halides is 1. The van der Waals surface area contributed by atoms with Gasteiger partial charge in [-0.05, 0) is 36.6 Å². The summed E-state index contributed by atoms with van der Waals surface area (Å²) in [4.78, 5) is 0. The summed E-state index contributed by atoms with van der Waals surface area (Å²) in [6.07, 6.45) is 4.62. The molecule has 1 heterocycles. The van der Waals surface area contributed by atoms with Crippen molar-refractivity contribution in [1.82, 2.24) is 9.78 Å². The standard InChI is InChI=1S/C13H13ClN2/c14-9-10-1-5-12(6-2-10)16-8-7-13(15-16)11-3-4-11/h1-2,5-8,11H,3-4,9H2. The van der Waals surface area contributed by atoms with Gasteiger partial charge in [0, 0.05) is 18.0 Å². The molecule has 0 bridgehead atoms. The van der Waals surface area contributed by atoms with Crippen LogP contribution in [0.15, 0.2) is 36.5 Å². The van der Waals surface area contributed by atoms with Gasteiger partial charge in [-0.2, -0.15) is 5.10 Å². The Morgan fingerprint density at radius 3 is 2.56 bits per heavy atom. The quantitative estimate of drug-likeness (QED) is 0.741. The van der Waals surface area contributed by atoms with Crippen LogP contribution in [-0.2, 0) is 5.88 Å². The highest BCUT2D eigenvalue weighted by Crippen LogP contribution is 2.38. The van der Waals surface area contributed by atoms with E-state index in [1.807, 2.05) is 23.0 Å². The number of aromatic nitrogens is 2. The van der Waals surface area contributed by atoms with Crippen LogP contribution in [0.3, 0.4) is 0 Å². The Bertz CT molecular complexity index is 483. The van der Waals surface area contributed by atoms with Gasteiger partial charge < -0.3 is 0 Å². The third-order valence-corrected chi connectivity index (χ3v) is 3.27. The van der Waals surface area contributed by atoms with Crippen molar-refractivity contribution < 1.29 is 0 Å². The zero-order valence-corrected chi connectivity index (χ0v) is 9.69. The third kappa shape index (κ3) is 1.85. The molecule has 2 aromatic rings. The van der Waals surface area contributed by atoms with Crippen molar-refractivity contribution in [2.45, 2.75) is 24.6 Å². The SMILES string of the molecule is ClCc1ccc(-n2ccc(C3CC3)n2)cc1. The van der Waals surface area contributed by atoms with E-state index in [-0.39, 0.29) is 0 Å². The fraction of sp³-hybridized carbons (Fsp3) is 0.308. The van der Waals surface area contributed by atoms with E-state index in [2.05, 4.69) is 23.3 Å². The molecule has 1 aliphatic carbocycles. The van der Waals surface area contributed by atoms with Crippen molar-refractivity contribution in [2.24, 2.45) is 0 Å². The molecule has 1 saturated carbocycles. The van der Waals surface area contributed by atoms with Crippen molar-refractivity contribution in [2.75, 3.05) is 0 Å². The minimum atomic E-state index is 0.562. The van der Waals surface area contributed by atoms with Gasteiger partial charge in [-0.25, -0.2) is 4.68 Å². The predicted molar refractivity (Wildman–Crippen MR) is 65.1 cm³/mol. The van der Waals surface area contributed by atoms with E-state index in [1.165, 1.54) is 18.5 Å². The predicted octanol–water partition coefficient (Wildman–Crippen LogP) is 3.49. The van der Waals surface area contributed by atoms with Crippen molar-refractivity contribution in [3.8, 4) is 5.69 Å². The number of halogens is 1. The van der Waals surface area contributed by atoms with Gasteiger partial charge in [0.25, 0.3) is 0 Å². The van der Waals surface area contributed by atoms with E-state index in [4.69, 9.17) is 11.6 Å². The molecule has 3 heteroatoms. The lowest BCUT2D eigenvalue weighted by atomic mass is 10.2. The Balaban J connectivity index is 1.88. The summed E-state index contributed by atoms with van der Waals surface area (Å²) >= 11 is 5.76. The number of rotatable bonds is 3. The lowest BCUT2D eigenvalue weighted by Crippen LogP contribution is -1.95. The van der Waals surface area contributed by atoms with E-state index < -0.39 is 0 Å². The highest BCUT2D eigenvalue weighted by molar-refractivity contribution is 6.17. The van der Waals surface area contributed by atoms with Gasteiger partial charge in [0.1, 0.15) is 0 Å². The molecule has 2 nitrogen and oxygen atoms in total. The van der Waals surface area contributed by atoms with Gasteiger partial charge in [-0.1, -0.05) is 12.1 Å². The van der Waals surface area contributed by atoms with Gasteiger partial charge in [-0.3, -0.25) is 0 Å². The topological polar surface area (TPSA) is 17.8 Å². The van der Waals surface area contributed by atoms with Gasteiger partial charge >= 0.3 is 0 Å². The summed E-state index contributed by atoms with van der Waals surface area (Å²) in [6, 6.07) is 10.3. The molecule has 1 aromatic heterocycles. The molecule has 0 spiro atoms. The second-order valence-electron chi connectivity index (χ2n) is 4.26. The van der Waals surface area contributed by atoms with Crippen LogP contribution in [0.5, 0.6) is 0 Å². The van der Waals surface area contributed by atoms with Gasteiger partial charge in [0.05, 0.1) is 11.4 Å². The maximum Gasteiger partial charge on any atom is 0.0659 e. The summed E-state index contributed by atoms with van der Waals surface area (Å²) in [6.45, 7) is 0. The first-order chi connectivity index (χ1) is 7.86. The largest absolute Gasteiger partial charge is 0.241 e. The maximum atomic E-state index is 5.76. The molecule has 0 amide bonds. The monoisotopic (exact) mass is 232 g/mol. The zero-order valence-electron chi connectivity index (χ0n) is 8.94. The van der Waals surface area contributed by atoms with Gasteiger partial charge in [0.2, 0.25) is 0 Å². The highest BCUT2D eigenvalue weighted by atomic mass is 35.5. The zero-order chi connectivity index (χ0) is 11.0. The fourth-order valence-electron chi connectivity index (χ4n) is 1.82. The molecular weight excluding hydrogens is 220 g/mol. The Hall–Kier alpha value is -1.28. The van der Waals surface area contributed by atoms with E-state index >= 15 is 0 Å². The van der Waals surface area contributed by atoms with Crippen molar-refractivity contribution in [3.63, 3.8) is 0 Å². The van der Waals surface area contributed by atoms with Crippen LogP contribution in [0.4, 0.5) is 0 Å². The maximum absolute atomic E-state index is 5.76. The summed E-state index contributed by atoms with van der Waals surface area (Å²) in [7, 11) is 0. The van der Waals surface area contributed by atoms with E-state index in [1.54, 1.807) is 0 Å². The molecule has 3 rings (SSSR count). The molecule has 1 aliphatic rings. The summed E-state index contributed by atoms with van der Waals surface area (Å²) in [5, 5.41) is 4.58. The molecule has 0 aliphatic heterocycles. The molecule has 0 radical (unpaired) electrons. The molecule has 16 heavy (non-hydrogen) atoms. The number of benzene rings is 1. The molecule has 0 saturated heterocycles. The minimum Gasteiger partial charge on any atom is -0.241 e. The number of hydrogen-bond donors (Lipinski definition) is 0. The first-order valence-corrected chi connectivity index (χ1v) is 6.11. The number of nitrogens with zero attached hydrogens (tertiary/aromatic N) is 2. The van der Waals surface area contributed by atoms with Crippen LogP contribution in [0, 0.1) is 0 Å². The van der Waals surface area contributed by atoms with E-state index in [9.17, 15) is 0 Å². The number of hydrogen-bond acceptors (Lipinski definition) is 1. The summed E-state index contributed by atoms with van der Waals surface area (Å²) in [5.74, 6) is 1.27. The Morgan fingerprint density at radius 1 is 1.19 bits per heavy atom. The lowest BCUT2D eigenvalue weighted by molar-refractivity contribution is 0.837. The Kier molecular flexibility index (Phi) is 2.44. The molecule has 1 fully saturated rings. The molecule has 0 unspecified atom stereocenters. The fourth-order valence-corrected chi connectivity index (χ4v) is 1.99. The van der Waals surface area contributed by atoms with Crippen LogP contribution < -0.4 is 0 Å². The molecule has 0 N–H and O–H groups in total. The van der Waals surface area contributed by atoms with Crippen molar-refractivity contribution in [3.05, 3.63) is 47.8 Å². The Morgan fingerprint density at radius 2 is 1.94 bits per heavy atom. The smallest absolute Gasteiger partial charge is 0.0659 e. The molecular formula is C13H13ClN2. The third-order valence-electron chi connectivity index (χ3n) is 2.96. The van der Waals surface area contributed by atoms with Gasteiger partial charge in [0.15, 0.2) is 0 Å². The van der Waals surface area contributed by atoms with Crippen LogP contribution in [-0.4, -0.2) is 9.78 Å². The van der Waals surface area contributed by atoms with Crippen LogP contribution in [0.1, 0.15) is 30.0 Å². The van der Waals surface area contributed by atoms with Gasteiger partial charge in [-0.15, -0.1) is 11.6 Å². The van der Waals surface area contributed by atoms with Crippen LogP contribution in [0.25, 0.3) is 5.69 Å². The van der Waals surface area contributed by atoms with Crippen LogP contribution in [0.2, 0.25) is 0 Å². The molecule has 1 aromatic carbocycles. The van der Waals surface area contributed by atoms with E-state index in [0.29, 0.717) is 11.8 Å². The second kappa shape index (κ2) is 3.95. The average molecular weight is 233 g/mol. The minimum absolute atomic E-state index is 0.562. The lowest BCUT2D eigenvalue weighted by Gasteiger charge is -2.02. The van der Waals surface area contributed by atoms with Crippen molar-refractivity contribution in [1.29, 1.82) is 0 Å².